The molecule has 2 rings (SSSR count). The van der Waals surface area contributed by atoms with E-state index in [1.165, 1.54) is 23.1 Å². The first-order valence-electron chi connectivity index (χ1n) is 5.77. The van der Waals surface area contributed by atoms with E-state index >= 15 is 0 Å². The van der Waals surface area contributed by atoms with Crippen molar-refractivity contribution in [3.63, 3.8) is 0 Å². The standard InChI is InChI=1S/C13H19NO2/c1-15-12-8-9(6-7-14)13(16-2)11-5-3-4-10(11)12/h8H,3-7,14H2,1-2H3. The zero-order valence-electron chi connectivity index (χ0n) is 10.0. The molecule has 0 unspecified atom stereocenters. The number of fused-ring (bicyclic) bond motifs is 1. The highest BCUT2D eigenvalue weighted by Crippen LogP contribution is 2.39. The molecule has 16 heavy (non-hydrogen) atoms. The van der Waals surface area contributed by atoms with Crippen molar-refractivity contribution in [2.45, 2.75) is 25.7 Å². The van der Waals surface area contributed by atoms with Crippen LogP contribution in [0.2, 0.25) is 0 Å². The van der Waals surface area contributed by atoms with Crippen LogP contribution in [0.3, 0.4) is 0 Å². The molecule has 0 amide bonds. The van der Waals surface area contributed by atoms with Gasteiger partial charge in [0.2, 0.25) is 0 Å². The molecule has 1 aromatic carbocycles. The lowest BCUT2D eigenvalue weighted by molar-refractivity contribution is 0.393. The Morgan fingerprint density at radius 3 is 2.56 bits per heavy atom. The zero-order valence-corrected chi connectivity index (χ0v) is 10.0. The average molecular weight is 221 g/mol. The van der Waals surface area contributed by atoms with E-state index in [1.54, 1.807) is 14.2 Å². The van der Waals surface area contributed by atoms with E-state index in [2.05, 4.69) is 6.07 Å². The van der Waals surface area contributed by atoms with Crippen LogP contribution in [0.25, 0.3) is 0 Å². The van der Waals surface area contributed by atoms with Crippen molar-refractivity contribution in [1.29, 1.82) is 0 Å². The van der Waals surface area contributed by atoms with Crippen LogP contribution >= 0.6 is 0 Å². The van der Waals surface area contributed by atoms with Gasteiger partial charge in [-0.3, -0.25) is 0 Å². The van der Waals surface area contributed by atoms with Crippen molar-refractivity contribution >= 4 is 0 Å². The van der Waals surface area contributed by atoms with E-state index < -0.39 is 0 Å². The first-order chi connectivity index (χ1) is 7.81. The van der Waals surface area contributed by atoms with Gasteiger partial charge in [0, 0.05) is 11.1 Å². The second-order valence-electron chi connectivity index (χ2n) is 4.12. The van der Waals surface area contributed by atoms with E-state index in [-0.39, 0.29) is 0 Å². The summed E-state index contributed by atoms with van der Waals surface area (Å²) < 4.78 is 11.0. The maximum absolute atomic E-state index is 5.62. The second-order valence-corrected chi connectivity index (χ2v) is 4.12. The summed E-state index contributed by atoms with van der Waals surface area (Å²) in [5.41, 5.74) is 9.44. The van der Waals surface area contributed by atoms with Crippen LogP contribution in [-0.2, 0) is 19.3 Å². The summed E-state index contributed by atoms with van der Waals surface area (Å²) in [6.45, 7) is 0.637. The Kier molecular flexibility index (Phi) is 3.34. The van der Waals surface area contributed by atoms with E-state index in [1.807, 2.05) is 0 Å². The van der Waals surface area contributed by atoms with Crippen molar-refractivity contribution in [3.05, 3.63) is 22.8 Å². The van der Waals surface area contributed by atoms with E-state index in [0.717, 1.165) is 30.8 Å². The fourth-order valence-corrected chi connectivity index (χ4v) is 2.55. The number of hydrogen-bond donors (Lipinski definition) is 1. The van der Waals surface area contributed by atoms with Crippen LogP contribution in [0.5, 0.6) is 11.5 Å². The molecule has 0 spiro atoms. The van der Waals surface area contributed by atoms with Gasteiger partial charge in [-0.15, -0.1) is 0 Å². The highest BCUT2D eigenvalue weighted by Gasteiger charge is 2.22. The fraction of sp³-hybridized carbons (Fsp3) is 0.538. The molecule has 0 fully saturated rings. The van der Waals surface area contributed by atoms with Crippen molar-refractivity contribution in [2.24, 2.45) is 5.73 Å². The van der Waals surface area contributed by atoms with Gasteiger partial charge in [0.25, 0.3) is 0 Å². The molecule has 1 aromatic rings. The highest BCUT2D eigenvalue weighted by atomic mass is 16.5. The van der Waals surface area contributed by atoms with E-state index in [0.29, 0.717) is 6.54 Å². The van der Waals surface area contributed by atoms with Crippen LogP contribution < -0.4 is 15.2 Å². The summed E-state index contributed by atoms with van der Waals surface area (Å²) in [7, 11) is 3.47. The summed E-state index contributed by atoms with van der Waals surface area (Å²) in [5, 5.41) is 0. The monoisotopic (exact) mass is 221 g/mol. The fourth-order valence-electron chi connectivity index (χ4n) is 2.55. The number of benzene rings is 1. The SMILES string of the molecule is COc1cc(CCN)c(OC)c2c1CCC2. The van der Waals surface area contributed by atoms with Gasteiger partial charge in [0.15, 0.2) is 0 Å². The first kappa shape index (κ1) is 11.3. The van der Waals surface area contributed by atoms with Gasteiger partial charge in [0.05, 0.1) is 14.2 Å². The van der Waals surface area contributed by atoms with Crippen LogP contribution in [0.1, 0.15) is 23.1 Å². The third kappa shape index (κ3) is 1.76. The quantitative estimate of drug-likeness (QED) is 0.841. The molecule has 0 saturated heterocycles. The molecule has 0 atom stereocenters. The third-order valence-corrected chi connectivity index (χ3v) is 3.22. The second kappa shape index (κ2) is 4.74. The molecule has 0 aromatic heterocycles. The lowest BCUT2D eigenvalue weighted by Gasteiger charge is -2.16. The molecule has 1 aliphatic rings. The summed E-state index contributed by atoms with van der Waals surface area (Å²) in [6.07, 6.45) is 4.21. The van der Waals surface area contributed by atoms with Gasteiger partial charge < -0.3 is 15.2 Å². The van der Waals surface area contributed by atoms with Gasteiger partial charge in [-0.1, -0.05) is 0 Å². The van der Waals surface area contributed by atoms with E-state index in [9.17, 15) is 0 Å². The molecule has 0 radical (unpaired) electrons. The molecule has 1 aliphatic carbocycles. The highest BCUT2D eigenvalue weighted by molar-refractivity contribution is 5.55. The topological polar surface area (TPSA) is 44.5 Å². The molecule has 0 aliphatic heterocycles. The van der Waals surface area contributed by atoms with Gasteiger partial charge in [-0.2, -0.15) is 0 Å². The van der Waals surface area contributed by atoms with Crippen molar-refractivity contribution in [1.82, 2.24) is 0 Å². The molecular formula is C13H19NO2. The van der Waals surface area contributed by atoms with Gasteiger partial charge in [-0.05, 0) is 43.9 Å². The number of hydrogen-bond acceptors (Lipinski definition) is 3. The van der Waals surface area contributed by atoms with Gasteiger partial charge in [0.1, 0.15) is 11.5 Å². The van der Waals surface area contributed by atoms with E-state index in [4.69, 9.17) is 15.2 Å². The molecule has 0 heterocycles. The lowest BCUT2D eigenvalue weighted by atomic mass is 10.0. The molecule has 0 saturated carbocycles. The van der Waals surface area contributed by atoms with Gasteiger partial charge in [-0.25, -0.2) is 0 Å². The lowest BCUT2D eigenvalue weighted by Crippen LogP contribution is -2.07. The average Bonchev–Trinajstić information content (AvgIpc) is 2.77. The van der Waals surface area contributed by atoms with Crippen LogP contribution in [0.15, 0.2) is 6.07 Å². The number of methoxy groups -OCH3 is 2. The number of rotatable bonds is 4. The van der Waals surface area contributed by atoms with Crippen LogP contribution in [-0.4, -0.2) is 20.8 Å². The van der Waals surface area contributed by atoms with Crippen molar-refractivity contribution in [3.8, 4) is 11.5 Å². The van der Waals surface area contributed by atoms with Gasteiger partial charge >= 0.3 is 0 Å². The summed E-state index contributed by atoms with van der Waals surface area (Å²) in [5.74, 6) is 2.02. The minimum Gasteiger partial charge on any atom is -0.496 e. The maximum atomic E-state index is 5.62. The maximum Gasteiger partial charge on any atom is 0.125 e. The minimum absolute atomic E-state index is 0.637. The molecule has 2 N–H and O–H groups in total. The Hall–Kier alpha value is -1.22. The minimum atomic E-state index is 0.637. The Bertz CT molecular complexity index is 388. The van der Waals surface area contributed by atoms with Crippen molar-refractivity contribution < 1.29 is 9.47 Å². The molecule has 0 bridgehead atoms. The van der Waals surface area contributed by atoms with Crippen molar-refractivity contribution in [2.75, 3.05) is 20.8 Å². The first-order valence-corrected chi connectivity index (χ1v) is 5.77. The molecular weight excluding hydrogens is 202 g/mol. The summed E-state index contributed by atoms with van der Waals surface area (Å²) in [4.78, 5) is 0. The predicted octanol–water partition coefficient (Wildman–Crippen LogP) is 1.69. The van der Waals surface area contributed by atoms with Crippen LogP contribution in [0.4, 0.5) is 0 Å². The Morgan fingerprint density at radius 1 is 1.19 bits per heavy atom. The van der Waals surface area contributed by atoms with Crippen LogP contribution in [0, 0.1) is 0 Å². The Labute approximate surface area is 96.5 Å². The Morgan fingerprint density at radius 2 is 1.94 bits per heavy atom. The number of nitrogens with two attached hydrogens (primary N) is 1. The summed E-state index contributed by atoms with van der Waals surface area (Å²) in [6, 6.07) is 2.08. The largest absolute Gasteiger partial charge is 0.496 e. The molecule has 88 valence electrons. The normalized spacial score (nSPS) is 13.7. The summed E-state index contributed by atoms with van der Waals surface area (Å²) >= 11 is 0. The smallest absolute Gasteiger partial charge is 0.125 e. The Balaban J connectivity index is 2.53. The third-order valence-electron chi connectivity index (χ3n) is 3.22. The molecule has 3 heteroatoms. The molecule has 3 nitrogen and oxygen atoms in total. The predicted molar refractivity (Wildman–Crippen MR) is 64.3 cm³/mol. The zero-order chi connectivity index (χ0) is 11.5. The number of ether oxygens (including phenoxy) is 2.